The lowest BCUT2D eigenvalue weighted by Gasteiger charge is -2.30. The number of sulfonamides is 1. The number of hydrogen-bond donors (Lipinski definition) is 2. The average molecular weight is 565 g/mol. The maximum absolute atomic E-state index is 13.4. The molecule has 0 unspecified atom stereocenters. The third-order valence-electron chi connectivity index (χ3n) is 6.63. The van der Waals surface area contributed by atoms with Crippen LogP contribution in [0.1, 0.15) is 17.5 Å². The van der Waals surface area contributed by atoms with Gasteiger partial charge < -0.3 is 15.4 Å². The van der Waals surface area contributed by atoms with Crippen LogP contribution in [0.2, 0.25) is 5.02 Å². The molecular weight excluding hydrogens is 536 g/mol. The van der Waals surface area contributed by atoms with Crippen molar-refractivity contribution in [2.45, 2.75) is 24.7 Å². The van der Waals surface area contributed by atoms with Gasteiger partial charge in [0.05, 0.1) is 16.1 Å². The second-order valence-electron chi connectivity index (χ2n) is 9.32. The molecule has 0 aliphatic carbocycles. The normalized spacial score (nSPS) is 13.1. The molecule has 0 fully saturated rings. The van der Waals surface area contributed by atoms with Gasteiger partial charge in [0, 0.05) is 41.9 Å². The maximum Gasteiger partial charge on any atom is 0.264 e. The van der Waals surface area contributed by atoms with E-state index in [0.717, 1.165) is 40.7 Å². The summed E-state index contributed by atoms with van der Waals surface area (Å²) in [6, 6.07) is 19.7. The Morgan fingerprint density at radius 2 is 1.92 bits per heavy atom. The molecule has 39 heavy (non-hydrogen) atoms. The molecule has 0 atom stereocenters. The second kappa shape index (κ2) is 11.5. The number of aromatic nitrogens is 1. The quantitative estimate of drug-likeness (QED) is 0.279. The van der Waals surface area contributed by atoms with Crippen LogP contribution in [-0.4, -0.2) is 45.6 Å². The summed E-state index contributed by atoms with van der Waals surface area (Å²) in [5.41, 5.74) is 4.10. The van der Waals surface area contributed by atoms with E-state index in [1.807, 2.05) is 42.5 Å². The standard InChI is InChI=1S/C29H29ClN4O4S/c1-20-17-23(39(36,37)34-16-4-6-21-5-2-3-7-27(21)34)9-11-28(20)38-19-29(35)33-15-14-32-25-12-13-31-26-18-22(30)8-10-24(25)26/h2-3,5,7-13,17-18H,4,6,14-16,19H2,1H3,(H,31,32)(H,33,35). The highest BCUT2D eigenvalue weighted by Crippen LogP contribution is 2.33. The third kappa shape index (κ3) is 5.94. The zero-order chi connectivity index (χ0) is 27.4. The van der Waals surface area contributed by atoms with E-state index in [9.17, 15) is 13.2 Å². The number of ether oxygens (including phenoxy) is 1. The molecular formula is C29H29ClN4O4S. The van der Waals surface area contributed by atoms with Gasteiger partial charge in [-0.15, -0.1) is 0 Å². The maximum atomic E-state index is 13.4. The van der Waals surface area contributed by atoms with Crippen LogP contribution in [-0.2, 0) is 21.2 Å². The number of pyridine rings is 1. The fourth-order valence-corrected chi connectivity index (χ4v) is 6.48. The van der Waals surface area contributed by atoms with Gasteiger partial charge in [0.25, 0.3) is 15.9 Å². The highest BCUT2D eigenvalue weighted by atomic mass is 35.5. The van der Waals surface area contributed by atoms with Gasteiger partial charge in [-0.25, -0.2) is 8.42 Å². The summed E-state index contributed by atoms with van der Waals surface area (Å²) in [4.78, 5) is 16.9. The first-order valence-electron chi connectivity index (χ1n) is 12.7. The SMILES string of the molecule is Cc1cc(S(=O)(=O)N2CCCc3ccccc32)ccc1OCC(=O)NCCNc1ccnc2cc(Cl)ccc12. The number of para-hydroxylation sites is 1. The van der Waals surface area contributed by atoms with E-state index >= 15 is 0 Å². The number of nitrogens with zero attached hydrogens (tertiary/aromatic N) is 2. The molecule has 0 saturated heterocycles. The Morgan fingerprint density at radius 3 is 2.77 bits per heavy atom. The number of carbonyl (C=O) groups is 1. The van der Waals surface area contributed by atoms with Crippen molar-refractivity contribution in [1.29, 1.82) is 0 Å². The molecule has 5 rings (SSSR count). The Bertz CT molecular complexity index is 1630. The zero-order valence-corrected chi connectivity index (χ0v) is 23.1. The van der Waals surface area contributed by atoms with Crippen molar-refractivity contribution in [3.05, 3.63) is 89.1 Å². The van der Waals surface area contributed by atoms with Crippen molar-refractivity contribution in [1.82, 2.24) is 10.3 Å². The summed E-state index contributed by atoms with van der Waals surface area (Å²) in [6.07, 6.45) is 3.34. The fourth-order valence-electron chi connectivity index (χ4n) is 4.69. The highest BCUT2D eigenvalue weighted by molar-refractivity contribution is 7.92. The highest BCUT2D eigenvalue weighted by Gasteiger charge is 2.29. The van der Waals surface area contributed by atoms with E-state index < -0.39 is 10.0 Å². The van der Waals surface area contributed by atoms with Crippen molar-refractivity contribution in [3.63, 3.8) is 0 Å². The lowest BCUT2D eigenvalue weighted by atomic mass is 10.0. The Hall–Kier alpha value is -3.82. The number of anilines is 2. The smallest absolute Gasteiger partial charge is 0.264 e. The summed E-state index contributed by atoms with van der Waals surface area (Å²) in [6.45, 7) is 2.94. The van der Waals surface area contributed by atoms with Crippen LogP contribution < -0.4 is 19.7 Å². The summed E-state index contributed by atoms with van der Waals surface area (Å²) in [5, 5.41) is 7.69. The predicted molar refractivity (Wildman–Crippen MR) is 154 cm³/mol. The molecule has 0 spiro atoms. The Morgan fingerprint density at radius 1 is 1.08 bits per heavy atom. The fraction of sp³-hybridized carbons (Fsp3) is 0.241. The summed E-state index contributed by atoms with van der Waals surface area (Å²) in [7, 11) is -3.72. The van der Waals surface area contributed by atoms with Crippen molar-refractivity contribution in [2.75, 3.05) is 35.9 Å². The minimum Gasteiger partial charge on any atom is -0.484 e. The Kier molecular flexibility index (Phi) is 7.90. The Balaban J connectivity index is 1.14. The minimum absolute atomic E-state index is 0.177. The van der Waals surface area contributed by atoms with E-state index in [-0.39, 0.29) is 17.4 Å². The molecule has 8 nitrogen and oxygen atoms in total. The first-order chi connectivity index (χ1) is 18.8. The largest absolute Gasteiger partial charge is 0.484 e. The Labute approximate surface area is 233 Å². The monoisotopic (exact) mass is 564 g/mol. The lowest BCUT2D eigenvalue weighted by Crippen LogP contribution is -2.35. The van der Waals surface area contributed by atoms with Crippen LogP contribution in [0, 0.1) is 6.92 Å². The van der Waals surface area contributed by atoms with Gasteiger partial charge in [0.15, 0.2) is 6.61 Å². The number of hydrogen-bond acceptors (Lipinski definition) is 6. The van der Waals surface area contributed by atoms with Crippen LogP contribution in [0.3, 0.4) is 0 Å². The summed E-state index contributed by atoms with van der Waals surface area (Å²) in [5.74, 6) is 0.187. The minimum atomic E-state index is -3.72. The van der Waals surface area contributed by atoms with Gasteiger partial charge in [-0.1, -0.05) is 29.8 Å². The average Bonchev–Trinajstić information content (AvgIpc) is 2.94. The number of halogens is 1. The van der Waals surface area contributed by atoms with Crippen LogP contribution in [0.25, 0.3) is 10.9 Å². The van der Waals surface area contributed by atoms with Crippen molar-refractivity contribution in [3.8, 4) is 5.75 Å². The molecule has 202 valence electrons. The number of aryl methyl sites for hydroxylation is 2. The molecule has 0 saturated carbocycles. The molecule has 1 aliphatic heterocycles. The van der Waals surface area contributed by atoms with Gasteiger partial charge in [-0.05, 0) is 79.4 Å². The van der Waals surface area contributed by atoms with Crippen LogP contribution in [0.15, 0.2) is 77.8 Å². The topological polar surface area (TPSA) is 101 Å². The number of carbonyl (C=O) groups excluding carboxylic acids is 1. The van der Waals surface area contributed by atoms with Crippen molar-refractivity contribution in [2.24, 2.45) is 0 Å². The van der Waals surface area contributed by atoms with E-state index in [1.165, 1.54) is 10.4 Å². The van der Waals surface area contributed by atoms with Crippen molar-refractivity contribution < 1.29 is 17.9 Å². The summed E-state index contributed by atoms with van der Waals surface area (Å²) >= 11 is 6.04. The number of benzene rings is 3. The van der Waals surface area contributed by atoms with E-state index in [4.69, 9.17) is 16.3 Å². The molecule has 2 N–H and O–H groups in total. The van der Waals surface area contributed by atoms with Gasteiger partial charge in [-0.3, -0.25) is 14.1 Å². The molecule has 0 bridgehead atoms. The molecule has 2 heterocycles. The molecule has 4 aromatic rings. The molecule has 10 heteroatoms. The van der Waals surface area contributed by atoms with Crippen LogP contribution in [0.5, 0.6) is 5.75 Å². The zero-order valence-electron chi connectivity index (χ0n) is 21.5. The molecule has 0 radical (unpaired) electrons. The number of rotatable bonds is 9. The van der Waals surface area contributed by atoms with Gasteiger partial charge >= 0.3 is 0 Å². The van der Waals surface area contributed by atoms with E-state index in [1.54, 1.807) is 31.3 Å². The van der Waals surface area contributed by atoms with Gasteiger partial charge in [-0.2, -0.15) is 0 Å². The predicted octanol–water partition coefficient (Wildman–Crippen LogP) is 4.95. The first kappa shape index (κ1) is 26.8. The molecule has 1 amide bonds. The summed E-state index contributed by atoms with van der Waals surface area (Å²) < 4.78 is 34.0. The second-order valence-corrected chi connectivity index (χ2v) is 11.6. The van der Waals surface area contributed by atoms with E-state index in [2.05, 4.69) is 15.6 Å². The molecule has 1 aromatic heterocycles. The van der Waals surface area contributed by atoms with Gasteiger partial charge in [0.1, 0.15) is 5.75 Å². The number of amides is 1. The van der Waals surface area contributed by atoms with Gasteiger partial charge in [0.2, 0.25) is 0 Å². The van der Waals surface area contributed by atoms with Crippen LogP contribution in [0.4, 0.5) is 11.4 Å². The number of fused-ring (bicyclic) bond motifs is 2. The molecule has 3 aromatic carbocycles. The van der Waals surface area contributed by atoms with E-state index in [0.29, 0.717) is 36.0 Å². The third-order valence-corrected chi connectivity index (χ3v) is 8.67. The number of nitrogens with one attached hydrogen (secondary N) is 2. The van der Waals surface area contributed by atoms with Crippen molar-refractivity contribution >= 4 is 49.8 Å². The van der Waals surface area contributed by atoms with Crippen LogP contribution >= 0.6 is 11.6 Å². The lowest BCUT2D eigenvalue weighted by molar-refractivity contribution is -0.123. The first-order valence-corrected chi connectivity index (χ1v) is 14.5. The molecule has 1 aliphatic rings.